The Labute approximate surface area is 765 Å². The molecule has 131 heavy (non-hydrogen) atoms. The van der Waals surface area contributed by atoms with E-state index < -0.39 is 5.60 Å². The lowest BCUT2D eigenvalue weighted by atomic mass is 9.79. The first kappa shape index (κ1) is 87.7. The molecule has 0 aliphatic carbocycles. The second-order valence-corrected chi connectivity index (χ2v) is 32.3. The van der Waals surface area contributed by atoms with Crippen molar-refractivity contribution in [1.29, 1.82) is 0 Å². The summed E-state index contributed by atoms with van der Waals surface area (Å²) in [6.07, 6.45) is 1.65. The Kier molecular flexibility index (Phi) is 30.0. The molecule has 1 heterocycles. The highest BCUT2D eigenvalue weighted by atomic mass is 16.5. The smallest absolute Gasteiger partial charge is 0.130 e. The Balaban J connectivity index is 0.612. The maximum atomic E-state index is 13.4. The van der Waals surface area contributed by atoms with E-state index in [9.17, 15) is 5.11 Å². The topological polar surface area (TPSA) is 161 Å². The summed E-state index contributed by atoms with van der Waals surface area (Å²) >= 11 is 0. The summed E-state index contributed by atoms with van der Waals surface area (Å²) in [7, 11) is 0. The van der Waals surface area contributed by atoms with E-state index in [1.54, 1.807) is 0 Å². The van der Waals surface area contributed by atoms with E-state index in [1.807, 2.05) is 400 Å². The van der Waals surface area contributed by atoms with Crippen LogP contribution in [0.15, 0.2) is 400 Å². The SMILES string of the molecule is OC(c1ccc(OCc2cc(OCc3cc(OCc4ccccc4)cc(OCc4ccccc4)c3)cc(OCc3cc(OCc4ccccc4)cc(OCc4ccccc4)c3)c2)cc1)(c1ccc(OCc2cc(OCc3cc(OCc4ccccc4)cc(OCc4ccccc4)c3)cc(OCc3cc(OCc4ccccc4)cc(OCc4ccccc4)c3)c2)cc1)[C@@H]1CCCN1. The molecule has 2 N–H and O–H groups in total. The monoisotopic (exact) mass is 1740 g/mol. The van der Waals surface area contributed by atoms with Gasteiger partial charge in [-0.3, -0.25) is 0 Å². The highest BCUT2D eigenvalue weighted by Crippen LogP contribution is 2.40. The molecule has 658 valence electrons. The van der Waals surface area contributed by atoms with Gasteiger partial charge in [0.15, 0.2) is 0 Å². The largest absolute Gasteiger partial charge is 0.489 e. The van der Waals surface area contributed by atoms with Crippen LogP contribution in [0.5, 0.6) is 80.5 Å². The van der Waals surface area contributed by atoms with Crippen LogP contribution >= 0.6 is 0 Å². The number of ether oxygens (including phenoxy) is 14. The second-order valence-electron chi connectivity index (χ2n) is 32.3. The van der Waals surface area contributed by atoms with Gasteiger partial charge in [-0.05, 0) is 205 Å². The van der Waals surface area contributed by atoms with Crippen molar-refractivity contribution in [2.24, 2.45) is 0 Å². The number of hydrogen-bond acceptors (Lipinski definition) is 16. The van der Waals surface area contributed by atoms with Crippen LogP contribution in [0.2, 0.25) is 0 Å². The molecule has 0 saturated carbocycles. The number of hydrogen-bond donors (Lipinski definition) is 2. The second kappa shape index (κ2) is 44.9. The van der Waals surface area contributed by atoms with Crippen molar-refractivity contribution in [2.45, 2.75) is 117 Å². The van der Waals surface area contributed by atoms with Gasteiger partial charge in [0.2, 0.25) is 0 Å². The van der Waals surface area contributed by atoms with Gasteiger partial charge >= 0.3 is 0 Å². The molecule has 17 rings (SSSR count). The first-order valence-corrected chi connectivity index (χ1v) is 44.2. The molecule has 0 unspecified atom stereocenters. The normalized spacial score (nSPS) is 12.2. The predicted molar refractivity (Wildman–Crippen MR) is 508 cm³/mol. The van der Waals surface area contributed by atoms with Crippen LogP contribution in [-0.4, -0.2) is 17.7 Å². The van der Waals surface area contributed by atoms with E-state index in [-0.39, 0.29) is 45.7 Å². The van der Waals surface area contributed by atoms with Crippen molar-refractivity contribution in [2.75, 3.05) is 6.54 Å². The van der Waals surface area contributed by atoms with Gasteiger partial charge in [0.05, 0.1) is 0 Å². The lowest BCUT2D eigenvalue weighted by Crippen LogP contribution is -2.46. The summed E-state index contributed by atoms with van der Waals surface area (Å²) < 4.78 is 91.7. The van der Waals surface area contributed by atoms with E-state index in [4.69, 9.17) is 66.3 Å². The summed E-state index contributed by atoms with van der Waals surface area (Å²) in [5, 5.41) is 17.0. The van der Waals surface area contributed by atoms with Gasteiger partial charge in [-0.1, -0.05) is 267 Å². The number of nitrogens with one attached hydrogen (secondary N) is 1. The Morgan fingerprint density at radius 2 is 0.336 bits per heavy atom. The molecule has 16 heteroatoms. The third-order valence-corrected chi connectivity index (χ3v) is 22.2. The van der Waals surface area contributed by atoms with E-state index in [2.05, 4.69) is 5.32 Å². The molecule has 0 radical (unpaired) electrons. The average Bonchev–Trinajstić information content (AvgIpc) is 1.76. The molecule has 0 amide bonds. The molecule has 1 atom stereocenters. The minimum absolute atomic E-state index is 0.147. The van der Waals surface area contributed by atoms with Gasteiger partial charge < -0.3 is 76.7 Å². The first-order valence-electron chi connectivity index (χ1n) is 44.2. The van der Waals surface area contributed by atoms with Gasteiger partial charge in [-0.15, -0.1) is 0 Å². The maximum Gasteiger partial charge on any atom is 0.130 e. The third-order valence-electron chi connectivity index (χ3n) is 22.2. The molecule has 16 nitrogen and oxygen atoms in total. The van der Waals surface area contributed by atoms with Crippen LogP contribution in [0.3, 0.4) is 0 Å². The van der Waals surface area contributed by atoms with Crippen molar-refractivity contribution >= 4 is 0 Å². The molecule has 1 fully saturated rings. The van der Waals surface area contributed by atoms with Crippen LogP contribution < -0.4 is 71.6 Å². The molecular formula is C115H103NO15. The van der Waals surface area contributed by atoms with Crippen molar-refractivity contribution in [1.82, 2.24) is 5.32 Å². The van der Waals surface area contributed by atoms with Gasteiger partial charge in [0.25, 0.3) is 0 Å². The first-order chi connectivity index (χ1) is 64.6. The fourth-order valence-corrected chi connectivity index (χ4v) is 15.4. The Morgan fingerprint density at radius 1 is 0.183 bits per heavy atom. The highest BCUT2D eigenvalue weighted by Gasteiger charge is 2.42. The van der Waals surface area contributed by atoms with Gasteiger partial charge in [-0.2, -0.15) is 0 Å². The van der Waals surface area contributed by atoms with Gasteiger partial charge in [0.1, 0.15) is 179 Å². The van der Waals surface area contributed by atoms with Crippen LogP contribution in [0.1, 0.15) is 102 Å². The molecule has 16 aromatic rings. The average molecular weight is 1740 g/mol. The Morgan fingerprint density at radius 3 is 0.489 bits per heavy atom. The summed E-state index contributed by atoms with van der Waals surface area (Å²) in [6, 6.07) is 131. The molecule has 0 spiro atoms. The van der Waals surface area contributed by atoms with E-state index in [0.717, 1.165) is 97.3 Å². The standard InChI is InChI=1S/C115H103NO15/c117-115(114-42-25-51-116-114,98-43-47-100(48-44-98)118-78-92-52-110(128-80-94-56-102(120-70-84-26-9-1-10-27-84)64-103(57-94)121-71-85-28-11-2-12-29-85)68-111(53-92)129-81-95-58-104(122-72-86-30-13-3-14-31-86)65-105(59-95)123-73-87-32-15-4-16-33-87)99-45-49-101(50-46-99)119-79-93-54-112(130-82-96-60-106(124-74-88-34-17-5-18-35-88)66-107(61-96)125-75-89-36-19-6-20-37-89)69-113(55-93)131-83-97-62-108(126-76-90-38-21-7-22-39-90)67-109(63-97)127-77-91-40-23-8-24-41-91/h1-24,26-41,43-50,52-69,114,116-117H,25,42,51,70-83H2/t114-/m0/s1. The number of benzene rings is 16. The van der Waals surface area contributed by atoms with Crippen molar-refractivity contribution in [3.8, 4) is 80.5 Å². The molecule has 1 saturated heterocycles. The zero-order chi connectivity index (χ0) is 88.7. The third kappa shape index (κ3) is 26.2. The molecule has 16 aromatic carbocycles. The maximum absolute atomic E-state index is 13.4. The van der Waals surface area contributed by atoms with Crippen molar-refractivity contribution in [3.05, 3.63) is 489 Å². The van der Waals surface area contributed by atoms with Crippen molar-refractivity contribution in [3.63, 3.8) is 0 Å². The van der Waals surface area contributed by atoms with E-state index in [0.29, 0.717) is 144 Å². The molecule has 1 aliphatic rings. The predicted octanol–water partition coefficient (Wildman–Crippen LogP) is 24.8. The lowest BCUT2D eigenvalue weighted by molar-refractivity contribution is 0.0441. The minimum atomic E-state index is -1.45. The van der Waals surface area contributed by atoms with E-state index >= 15 is 0 Å². The summed E-state index contributed by atoms with van der Waals surface area (Å²) in [5.41, 5.74) is 13.2. The molecule has 0 aromatic heterocycles. The fraction of sp³-hybridized carbons (Fsp3) is 0.165. The van der Waals surface area contributed by atoms with Crippen molar-refractivity contribution < 1.29 is 71.4 Å². The van der Waals surface area contributed by atoms with Crippen LogP contribution in [0.4, 0.5) is 0 Å². The number of rotatable bonds is 45. The van der Waals surface area contributed by atoms with Gasteiger partial charge in [0, 0.05) is 42.4 Å². The Hall–Kier alpha value is -15.4. The summed E-state index contributed by atoms with van der Waals surface area (Å²) in [4.78, 5) is 0. The van der Waals surface area contributed by atoms with Crippen LogP contribution in [-0.2, 0) is 98.1 Å². The molecular weight excluding hydrogens is 1640 g/mol. The minimum Gasteiger partial charge on any atom is -0.489 e. The quantitative estimate of drug-likeness (QED) is 0.0370. The molecule has 0 bridgehead atoms. The fourth-order valence-electron chi connectivity index (χ4n) is 15.4. The Bertz CT molecular complexity index is 5310. The number of aliphatic hydroxyl groups is 1. The van der Waals surface area contributed by atoms with Crippen LogP contribution in [0, 0.1) is 0 Å². The lowest BCUT2D eigenvalue weighted by Gasteiger charge is -2.35. The highest BCUT2D eigenvalue weighted by molar-refractivity contribution is 5.49. The zero-order valence-electron chi connectivity index (χ0n) is 72.9. The van der Waals surface area contributed by atoms with E-state index in [1.165, 1.54) is 0 Å². The van der Waals surface area contributed by atoms with Gasteiger partial charge in [-0.25, -0.2) is 0 Å². The zero-order valence-corrected chi connectivity index (χ0v) is 72.9. The van der Waals surface area contributed by atoms with Crippen LogP contribution in [0.25, 0.3) is 0 Å². The summed E-state index contributed by atoms with van der Waals surface area (Å²) in [5.74, 6) is 8.54. The summed E-state index contributed by atoms with van der Waals surface area (Å²) in [6.45, 7) is 4.74. The molecule has 1 aliphatic heterocycles.